The van der Waals surface area contributed by atoms with Crippen molar-refractivity contribution in [2.75, 3.05) is 6.54 Å². The summed E-state index contributed by atoms with van der Waals surface area (Å²) in [5.74, 6) is 0.119. The van der Waals surface area contributed by atoms with Gasteiger partial charge in [-0.3, -0.25) is 4.79 Å². The van der Waals surface area contributed by atoms with Crippen molar-refractivity contribution in [3.8, 4) is 0 Å². The summed E-state index contributed by atoms with van der Waals surface area (Å²) in [4.78, 5) is 12.8. The predicted octanol–water partition coefficient (Wildman–Crippen LogP) is 2.45. The second-order valence-corrected chi connectivity index (χ2v) is 5.37. The minimum Gasteiger partial charge on any atom is -0.355 e. The van der Waals surface area contributed by atoms with E-state index in [2.05, 4.69) is 16.8 Å². The van der Waals surface area contributed by atoms with E-state index in [1.165, 1.54) is 4.88 Å². The highest BCUT2D eigenvalue weighted by Gasteiger charge is 2.20. The number of carbonyl (C=O) groups is 1. The summed E-state index contributed by atoms with van der Waals surface area (Å²) in [6.45, 7) is 6.51. The third-order valence-electron chi connectivity index (χ3n) is 1.92. The second kappa shape index (κ2) is 4.60. The lowest BCUT2D eigenvalue weighted by molar-refractivity contribution is -0.128. The molecule has 0 spiro atoms. The smallest absolute Gasteiger partial charge is 0.225 e. The number of carbonyl (C=O) groups excluding carboxylic acids is 1. The van der Waals surface area contributed by atoms with Crippen LogP contribution in [0, 0.1) is 5.41 Å². The van der Waals surface area contributed by atoms with Gasteiger partial charge in [-0.15, -0.1) is 11.3 Å². The zero-order valence-corrected chi connectivity index (χ0v) is 9.78. The third kappa shape index (κ3) is 3.50. The summed E-state index contributed by atoms with van der Waals surface area (Å²) in [5, 5.41) is 4.99. The van der Waals surface area contributed by atoms with Crippen LogP contribution in [0.2, 0.25) is 0 Å². The summed E-state index contributed by atoms with van der Waals surface area (Å²) >= 11 is 1.73. The Kier molecular flexibility index (Phi) is 3.69. The van der Waals surface area contributed by atoms with Gasteiger partial charge >= 0.3 is 0 Å². The second-order valence-electron chi connectivity index (χ2n) is 4.34. The normalized spacial score (nSPS) is 11.4. The Labute approximate surface area is 89.3 Å². The van der Waals surface area contributed by atoms with Crippen LogP contribution in [0.3, 0.4) is 0 Å². The molecule has 0 aliphatic rings. The first-order valence-electron chi connectivity index (χ1n) is 4.81. The molecule has 1 N–H and O–H groups in total. The number of hydrogen-bond donors (Lipinski definition) is 1. The van der Waals surface area contributed by atoms with Crippen LogP contribution in [0.25, 0.3) is 0 Å². The Morgan fingerprint density at radius 2 is 2.21 bits per heavy atom. The first-order chi connectivity index (χ1) is 6.50. The van der Waals surface area contributed by atoms with Crippen molar-refractivity contribution in [2.24, 2.45) is 5.41 Å². The van der Waals surface area contributed by atoms with E-state index < -0.39 is 0 Å². The van der Waals surface area contributed by atoms with E-state index in [9.17, 15) is 4.79 Å². The van der Waals surface area contributed by atoms with Gasteiger partial charge in [0.1, 0.15) is 0 Å². The van der Waals surface area contributed by atoms with Crippen molar-refractivity contribution in [3.05, 3.63) is 22.4 Å². The van der Waals surface area contributed by atoms with Crippen molar-refractivity contribution in [1.29, 1.82) is 0 Å². The molecule has 0 atom stereocenters. The van der Waals surface area contributed by atoms with Gasteiger partial charge in [-0.2, -0.15) is 0 Å². The van der Waals surface area contributed by atoms with Crippen molar-refractivity contribution in [3.63, 3.8) is 0 Å². The van der Waals surface area contributed by atoms with Crippen LogP contribution in [0.4, 0.5) is 0 Å². The average molecular weight is 211 g/mol. The molecular weight excluding hydrogens is 194 g/mol. The zero-order valence-electron chi connectivity index (χ0n) is 8.96. The number of rotatable bonds is 3. The fourth-order valence-electron chi connectivity index (χ4n) is 1.02. The molecule has 0 bridgehead atoms. The van der Waals surface area contributed by atoms with E-state index in [0.717, 1.165) is 13.0 Å². The van der Waals surface area contributed by atoms with Crippen LogP contribution in [0.1, 0.15) is 25.6 Å². The Morgan fingerprint density at radius 3 is 2.71 bits per heavy atom. The fraction of sp³-hybridized carbons (Fsp3) is 0.545. The molecule has 78 valence electrons. The van der Waals surface area contributed by atoms with Crippen LogP contribution in [-0.2, 0) is 11.2 Å². The summed E-state index contributed by atoms with van der Waals surface area (Å²) in [5.41, 5.74) is -0.282. The largest absolute Gasteiger partial charge is 0.355 e. The molecule has 0 radical (unpaired) electrons. The van der Waals surface area contributed by atoms with Crippen LogP contribution >= 0.6 is 11.3 Å². The number of nitrogens with one attached hydrogen (secondary N) is 1. The zero-order chi connectivity index (χ0) is 10.6. The minimum atomic E-state index is -0.282. The van der Waals surface area contributed by atoms with Gasteiger partial charge in [0.05, 0.1) is 0 Å². The molecule has 1 heterocycles. The van der Waals surface area contributed by atoms with Crippen LogP contribution in [-0.4, -0.2) is 12.5 Å². The summed E-state index contributed by atoms with van der Waals surface area (Å²) < 4.78 is 0. The monoisotopic (exact) mass is 211 g/mol. The lowest BCUT2D eigenvalue weighted by atomic mass is 9.96. The predicted molar refractivity (Wildman–Crippen MR) is 60.5 cm³/mol. The van der Waals surface area contributed by atoms with Crippen molar-refractivity contribution < 1.29 is 4.79 Å². The Bertz CT molecular complexity index is 285. The van der Waals surface area contributed by atoms with E-state index in [1.54, 1.807) is 11.3 Å². The van der Waals surface area contributed by atoms with E-state index in [1.807, 2.05) is 26.8 Å². The highest BCUT2D eigenvalue weighted by molar-refractivity contribution is 7.09. The number of thiophene rings is 1. The highest BCUT2D eigenvalue weighted by atomic mass is 32.1. The molecule has 3 heteroatoms. The molecule has 0 aromatic carbocycles. The maximum Gasteiger partial charge on any atom is 0.225 e. The van der Waals surface area contributed by atoms with E-state index in [4.69, 9.17) is 0 Å². The first kappa shape index (κ1) is 11.2. The fourth-order valence-corrected chi connectivity index (χ4v) is 1.73. The molecule has 1 rings (SSSR count). The van der Waals surface area contributed by atoms with Crippen molar-refractivity contribution in [1.82, 2.24) is 5.32 Å². The number of amides is 1. The van der Waals surface area contributed by atoms with E-state index in [-0.39, 0.29) is 11.3 Å². The van der Waals surface area contributed by atoms with Crippen LogP contribution in [0.5, 0.6) is 0 Å². The Hall–Kier alpha value is -0.830. The van der Waals surface area contributed by atoms with E-state index in [0.29, 0.717) is 0 Å². The van der Waals surface area contributed by atoms with Crippen LogP contribution < -0.4 is 5.32 Å². The Morgan fingerprint density at radius 1 is 1.50 bits per heavy atom. The van der Waals surface area contributed by atoms with Crippen molar-refractivity contribution in [2.45, 2.75) is 27.2 Å². The summed E-state index contributed by atoms with van der Waals surface area (Å²) in [7, 11) is 0. The molecule has 0 saturated carbocycles. The molecule has 0 aliphatic heterocycles. The maximum atomic E-state index is 11.5. The molecule has 1 amide bonds. The molecule has 1 aromatic rings. The molecule has 1 aromatic heterocycles. The van der Waals surface area contributed by atoms with Gasteiger partial charge in [0.15, 0.2) is 0 Å². The van der Waals surface area contributed by atoms with E-state index >= 15 is 0 Å². The number of hydrogen-bond acceptors (Lipinski definition) is 2. The first-order valence-corrected chi connectivity index (χ1v) is 5.69. The highest BCUT2D eigenvalue weighted by Crippen LogP contribution is 2.13. The van der Waals surface area contributed by atoms with Gasteiger partial charge in [-0.25, -0.2) is 0 Å². The molecule has 0 saturated heterocycles. The summed E-state index contributed by atoms with van der Waals surface area (Å²) in [6.07, 6.45) is 0.930. The van der Waals surface area contributed by atoms with Crippen molar-refractivity contribution >= 4 is 17.2 Å². The molecule has 0 fully saturated rings. The molecule has 0 aliphatic carbocycles. The van der Waals surface area contributed by atoms with Gasteiger partial charge in [-0.05, 0) is 17.9 Å². The third-order valence-corrected chi connectivity index (χ3v) is 2.85. The quantitative estimate of drug-likeness (QED) is 0.817. The maximum absolute atomic E-state index is 11.5. The SMILES string of the molecule is CC(C)(C)C(=O)NCCc1cccs1. The minimum absolute atomic E-state index is 0.119. The molecule has 2 nitrogen and oxygen atoms in total. The van der Waals surface area contributed by atoms with Gasteiger partial charge < -0.3 is 5.32 Å². The topological polar surface area (TPSA) is 29.1 Å². The van der Waals surface area contributed by atoms with Crippen LogP contribution in [0.15, 0.2) is 17.5 Å². The lowest BCUT2D eigenvalue weighted by Gasteiger charge is -2.17. The van der Waals surface area contributed by atoms with Gasteiger partial charge in [0, 0.05) is 16.8 Å². The summed E-state index contributed by atoms with van der Waals surface area (Å²) in [6, 6.07) is 4.12. The standard InChI is InChI=1S/C11H17NOS/c1-11(2,3)10(13)12-7-6-9-5-4-8-14-9/h4-5,8H,6-7H2,1-3H3,(H,12,13). The van der Waals surface area contributed by atoms with Gasteiger partial charge in [0.25, 0.3) is 0 Å². The van der Waals surface area contributed by atoms with Gasteiger partial charge in [-0.1, -0.05) is 26.8 Å². The van der Waals surface area contributed by atoms with Gasteiger partial charge in [0.2, 0.25) is 5.91 Å². The molecule has 14 heavy (non-hydrogen) atoms. The lowest BCUT2D eigenvalue weighted by Crippen LogP contribution is -2.35. The Balaban J connectivity index is 2.26. The average Bonchev–Trinajstić information content (AvgIpc) is 2.55. The molecule has 0 unspecified atom stereocenters. The molecular formula is C11H17NOS.